The molecule has 2 aromatic rings. The average molecular weight is 293 g/mol. The Morgan fingerprint density at radius 1 is 1.10 bits per heavy atom. The van der Waals surface area contributed by atoms with E-state index in [0.29, 0.717) is 5.69 Å². The molecule has 1 aromatic carbocycles. The van der Waals surface area contributed by atoms with Crippen molar-refractivity contribution in [2.24, 2.45) is 5.84 Å². The highest BCUT2D eigenvalue weighted by Crippen LogP contribution is 2.26. The van der Waals surface area contributed by atoms with Gasteiger partial charge in [0.2, 0.25) is 0 Å². The maximum absolute atomic E-state index is 13.7. The van der Waals surface area contributed by atoms with Crippen LogP contribution >= 0.6 is 0 Å². The van der Waals surface area contributed by atoms with Crippen LogP contribution < -0.4 is 21.5 Å². The second-order valence-electron chi connectivity index (χ2n) is 4.81. The second kappa shape index (κ2) is 5.92. The molecular formula is C14H17F2N5. The molecule has 2 rings (SSSR count). The van der Waals surface area contributed by atoms with E-state index < -0.39 is 11.6 Å². The van der Waals surface area contributed by atoms with Gasteiger partial charge < -0.3 is 15.6 Å². The molecule has 21 heavy (non-hydrogen) atoms. The Labute approximate surface area is 121 Å². The van der Waals surface area contributed by atoms with Crippen LogP contribution in [0.25, 0.3) is 0 Å². The molecule has 0 fully saturated rings. The lowest BCUT2D eigenvalue weighted by Crippen LogP contribution is -2.13. The maximum Gasteiger partial charge on any atom is 0.178 e. The Bertz CT molecular complexity index is 658. The first-order chi connectivity index (χ1) is 9.92. The van der Waals surface area contributed by atoms with Gasteiger partial charge in [0.1, 0.15) is 0 Å². The monoisotopic (exact) mass is 293 g/mol. The number of anilines is 4. The first kappa shape index (κ1) is 15.0. The molecule has 0 saturated heterocycles. The summed E-state index contributed by atoms with van der Waals surface area (Å²) in [6.07, 6.45) is 0. The standard InChI is InChI=1S/C14H17F2N5/c1-8-4-5-9(6-12(8)21(2)3)18-13-10(15)7-11(16)14(19-13)20-17/h4-7H,17H2,1-3H3,(H2,18,19,20). The number of aryl methyl sites for hydroxylation is 1. The summed E-state index contributed by atoms with van der Waals surface area (Å²) in [7, 11) is 3.83. The van der Waals surface area contributed by atoms with Crippen LogP contribution in [0.5, 0.6) is 0 Å². The van der Waals surface area contributed by atoms with Crippen LogP contribution in [-0.4, -0.2) is 19.1 Å². The average Bonchev–Trinajstić information content (AvgIpc) is 2.43. The van der Waals surface area contributed by atoms with E-state index in [-0.39, 0.29) is 11.6 Å². The summed E-state index contributed by atoms with van der Waals surface area (Å²) in [5.41, 5.74) is 4.80. The molecule has 4 N–H and O–H groups in total. The van der Waals surface area contributed by atoms with Crippen molar-refractivity contribution in [3.8, 4) is 0 Å². The highest BCUT2D eigenvalue weighted by molar-refractivity contribution is 5.66. The molecule has 0 saturated carbocycles. The normalized spacial score (nSPS) is 10.4. The zero-order valence-electron chi connectivity index (χ0n) is 12.0. The van der Waals surface area contributed by atoms with Gasteiger partial charge in [0.15, 0.2) is 23.3 Å². The number of hydrogen-bond donors (Lipinski definition) is 3. The van der Waals surface area contributed by atoms with Crippen LogP contribution in [0.1, 0.15) is 5.56 Å². The largest absolute Gasteiger partial charge is 0.377 e. The van der Waals surface area contributed by atoms with E-state index in [1.165, 1.54) is 0 Å². The molecule has 0 spiro atoms. The van der Waals surface area contributed by atoms with Gasteiger partial charge in [0.05, 0.1) is 0 Å². The van der Waals surface area contributed by atoms with Crippen LogP contribution in [0.4, 0.5) is 31.8 Å². The van der Waals surface area contributed by atoms with E-state index >= 15 is 0 Å². The molecule has 0 unspecified atom stereocenters. The van der Waals surface area contributed by atoms with Crippen LogP contribution in [0.15, 0.2) is 24.3 Å². The number of aromatic nitrogens is 1. The van der Waals surface area contributed by atoms with Crippen molar-refractivity contribution in [3.63, 3.8) is 0 Å². The van der Waals surface area contributed by atoms with E-state index in [4.69, 9.17) is 5.84 Å². The number of pyridine rings is 1. The fourth-order valence-electron chi connectivity index (χ4n) is 1.96. The molecule has 0 amide bonds. The molecule has 0 aliphatic heterocycles. The summed E-state index contributed by atoms with van der Waals surface area (Å²) in [4.78, 5) is 5.72. The molecular weight excluding hydrogens is 276 g/mol. The lowest BCUT2D eigenvalue weighted by molar-refractivity contribution is 0.579. The third-order valence-electron chi connectivity index (χ3n) is 3.02. The number of nitrogens with one attached hydrogen (secondary N) is 2. The van der Waals surface area contributed by atoms with Gasteiger partial charge in [0, 0.05) is 31.5 Å². The van der Waals surface area contributed by atoms with Crippen molar-refractivity contribution >= 4 is 23.0 Å². The molecule has 0 atom stereocenters. The first-order valence-electron chi connectivity index (χ1n) is 6.30. The Hall–Kier alpha value is -2.41. The second-order valence-corrected chi connectivity index (χ2v) is 4.81. The van der Waals surface area contributed by atoms with Gasteiger partial charge in [0.25, 0.3) is 0 Å². The fourth-order valence-corrected chi connectivity index (χ4v) is 1.96. The lowest BCUT2D eigenvalue weighted by atomic mass is 10.1. The molecule has 112 valence electrons. The number of hydrogen-bond acceptors (Lipinski definition) is 5. The Kier molecular flexibility index (Phi) is 4.23. The lowest BCUT2D eigenvalue weighted by Gasteiger charge is -2.17. The number of benzene rings is 1. The zero-order chi connectivity index (χ0) is 15.6. The Morgan fingerprint density at radius 3 is 2.38 bits per heavy atom. The van der Waals surface area contributed by atoms with Crippen molar-refractivity contribution in [3.05, 3.63) is 41.5 Å². The first-order valence-corrected chi connectivity index (χ1v) is 6.30. The summed E-state index contributed by atoms with van der Waals surface area (Å²) in [6, 6.07) is 6.28. The number of nitrogen functional groups attached to an aromatic ring is 1. The van der Waals surface area contributed by atoms with Gasteiger partial charge in [-0.15, -0.1) is 0 Å². The fraction of sp³-hybridized carbons (Fsp3) is 0.214. The summed E-state index contributed by atoms with van der Waals surface area (Å²) in [5, 5.41) is 2.82. The topological polar surface area (TPSA) is 66.2 Å². The predicted octanol–water partition coefficient (Wildman–Crippen LogP) is 2.76. The quantitative estimate of drug-likeness (QED) is 0.597. The van der Waals surface area contributed by atoms with Gasteiger partial charge >= 0.3 is 0 Å². The van der Waals surface area contributed by atoms with E-state index in [1.807, 2.05) is 38.1 Å². The maximum atomic E-state index is 13.7. The molecule has 5 nitrogen and oxygen atoms in total. The van der Waals surface area contributed by atoms with E-state index in [2.05, 4.69) is 15.7 Å². The minimum atomic E-state index is -0.849. The third-order valence-corrected chi connectivity index (χ3v) is 3.02. The molecule has 0 radical (unpaired) electrons. The molecule has 1 heterocycles. The minimum absolute atomic E-state index is 0.0992. The highest BCUT2D eigenvalue weighted by Gasteiger charge is 2.12. The van der Waals surface area contributed by atoms with Crippen molar-refractivity contribution < 1.29 is 8.78 Å². The van der Waals surface area contributed by atoms with Gasteiger partial charge in [-0.25, -0.2) is 19.6 Å². The van der Waals surface area contributed by atoms with Crippen LogP contribution in [0.2, 0.25) is 0 Å². The highest BCUT2D eigenvalue weighted by atomic mass is 19.1. The van der Waals surface area contributed by atoms with Crippen molar-refractivity contribution in [1.29, 1.82) is 0 Å². The zero-order valence-corrected chi connectivity index (χ0v) is 12.0. The number of nitrogens with zero attached hydrogens (tertiary/aromatic N) is 2. The molecule has 7 heteroatoms. The van der Waals surface area contributed by atoms with E-state index in [0.717, 1.165) is 17.3 Å². The van der Waals surface area contributed by atoms with Crippen LogP contribution in [-0.2, 0) is 0 Å². The third kappa shape index (κ3) is 3.19. The van der Waals surface area contributed by atoms with Crippen LogP contribution in [0.3, 0.4) is 0 Å². The number of rotatable bonds is 4. The Morgan fingerprint density at radius 2 is 1.76 bits per heavy atom. The van der Waals surface area contributed by atoms with Crippen molar-refractivity contribution in [1.82, 2.24) is 4.98 Å². The number of hydrazine groups is 1. The number of nitrogens with two attached hydrogens (primary N) is 1. The summed E-state index contributed by atoms with van der Waals surface area (Å²) < 4.78 is 27.1. The minimum Gasteiger partial charge on any atom is -0.377 e. The summed E-state index contributed by atoms with van der Waals surface area (Å²) >= 11 is 0. The van der Waals surface area contributed by atoms with E-state index in [9.17, 15) is 8.78 Å². The molecule has 0 aliphatic carbocycles. The van der Waals surface area contributed by atoms with Gasteiger partial charge in [-0.05, 0) is 24.6 Å². The predicted molar refractivity (Wildman–Crippen MR) is 80.8 cm³/mol. The summed E-state index contributed by atoms with van der Waals surface area (Å²) in [6.45, 7) is 1.98. The van der Waals surface area contributed by atoms with Crippen molar-refractivity contribution in [2.45, 2.75) is 6.92 Å². The van der Waals surface area contributed by atoms with Crippen molar-refractivity contribution in [2.75, 3.05) is 29.7 Å². The Balaban J connectivity index is 2.36. The van der Waals surface area contributed by atoms with Crippen LogP contribution in [0, 0.1) is 18.6 Å². The van der Waals surface area contributed by atoms with Gasteiger partial charge in [-0.3, -0.25) is 0 Å². The molecule has 0 bridgehead atoms. The van der Waals surface area contributed by atoms with E-state index in [1.54, 1.807) is 6.07 Å². The smallest absolute Gasteiger partial charge is 0.178 e. The number of halogens is 2. The molecule has 0 aliphatic rings. The van der Waals surface area contributed by atoms with Gasteiger partial charge in [-0.1, -0.05) is 6.07 Å². The molecule has 1 aromatic heterocycles. The van der Waals surface area contributed by atoms with Gasteiger partial charge in [-0.2, -0.15) is 0 Å². The summed E-state index contributed by atoms with van der Waals surface area (Å²) in [5.74, 6) is 3.17. The SMILES string of the molecule is Cc1ccc(Nc2nc(NN)c(F)cc2F)cc1N(C)C.